The number of carbonyl (C=O) groups is 1. The first-order valence-corrected chi connectivity index (χ1v) is 13.6. The Kier molecular flexibility index (Phi) is 6.63. The molecule has 2 aliphatic rings. The number of hydrogen-bond acceptors (Lipinski definition) is 5. The van der Waals surface area contributed by atoms with Gasteiger partial charge >= 0.3 is 0 Å². The highest BCUT2D eigenvalue weighted by Crippen LogP contribution is 2.46. The maximum atomic E-state index is 13.1. The van der Waals surface area contributed by atoms with Gasteiger partial charge in [0, 0.05) is 34.9 Å². The number of amidine groups is 1. The number of fused-ring (bicyclic) bond motifs is 1. The molecule has 2 aromatic carbocycles. The van der Waals surface area contributed by atoms with Crippen molar-refractivity contribution in [1.82, 2.24) is 4.90 Å². The van der Waals surface area contributed by atoms with Crippen molar-refractivity contribution < 1.29 is 13.2 Å². The molecule has 2 heterocycles. The van der Waals surface area contributed by atoms with Gasteiger partial charge in [0.05, 0.1) is 9.80 Å². The Bertz CT molecular complexity index is 1360. The summed E-state index contributed by atoms with van der Waals surface area (Å²) in [5, 5.41) is 0.111. The van der Waals surface area contributed by atoms with Crippen LogP contribution in [0.3, 0.4) is 0 Å². The van der Waals surface area contributed by atoms with E-state index < -0.39 is 10.0 Å². The highest BCUT2D eigenvalue weighted by Gasteiger charge is 2.38. The van der Waals surface area contributed by atoms with Gasteiger partial charge in [0.1, 0.15) is 0 Å². The van der Waals surface area contributed by atoms with Crippen LogP contribution in [0.25, 0.3) is 0 Å². The normalized spacial score (nSPS) is 21.1. The van der Waals surface area contributed by atoms with E-state index in [0.717, 1.165) is 27.6 Å². The summed E-state index contributed by atoms with van der Waals surface area (Å²) in [4.78, 5) is 17.0. The van der Waals surface area contributed by atoms with Crippen molar-refractivity contribution in [3.05, 3.63) is 94.0 Å². The number of para-hydroxylation sites is 1. The Morgan fingerprint density at radius 3 is 2.44 bits per heavy atom. The molecular formula is C25H24BrN3O3S2. The molecule has 0 bridgehead atoms. The lowest BCUT2D eigenvalue weighted by molar-refractivity contribution is -0.121. The molecular weight excluding hydrogens is 534 g/mol. The maximum Gasteiger partial charge on any atom is 0.284 e. The molecule has 6 nitrogen and oxygen atoms in total. The molecule has 0 radical (unpaired) electrons. The monoisotopic (exact) mass is 557 g/mol. The molecule has 176 valence electrons. The van der Waals surface area contributed by atoms with Crippen LogP contribution in [-0.4, -0.2) is 38.0 Å². The summed E-state index contributed by atoms with van der Waals surface area (Å²) in [6.07, 6.45) is 5.22. The summed E-state index contributed by atoms with van der Waals surface area (Å²) in [7, 11) is -1.98. The minimum absolute atomic E-state index is 0.0569. The zero-order valence-corrected chi connectivity index (χ0v) is 22.2. The zero-order valence-electron chi connectivity index (χ0n) is 19.0. The molecule has 1 amide bonds. The third kappa shape index (κ3) is 4.39. The fraction of sp³-hybridized carbons (Fsp3) is 0.200. The molecule has 0 aliphatic carbocycles. The number of nitrogens with zero attached hydrogens (tertiary/aromatic N) is 3. The van der Waals surface area contributed by atoms with E-state index >= 15 is 0 Å². The quantitative estimate of drug-likeness (QED) is 0.361. The lowest BCUT2D eigenvalue weighted by Gasteiger charge is -2.23. The number of anilines is 1. The number of halogens is 1. The summed E-state index contributed by atoms with van der Waals surface area (Å²) in [5.74, 6) is -0.303. The number of hydrogen-bond donors (Lipinski definition) is 0. The first-order chi connectivity index (χ1) is 16.1. The van der Waals surface area contributed by atoms with Crippen molar-refractivity contribution in [3.63, 3.8) is 0 Å². The van der Waals surface area contributed by atoms with Crippen LogP contribution in [0.2, 0.25) is 0 Å². The summed E-state index contributed by atoms with van der Waals surface area (Å²) in [5.41, 5.74) is 3.14. The Balaban J connectivity index is 1.70. The van der Waals surface area contributed by atoms with Gasteiger partial charge in [-0.05, 0) is 59.8 Å². The minimum Gasteiger partial charge on any atom is -0.347 e. The molecule has 0 aromatic heterocycles. The van der Waals surface area contributed by atoms with Crippen molar-refractivity contribution in [2.75, 3.05) is 18.5 Å². The number of allylic oxidation sites excluding steroid dienone is 3. The Hall–Kier alpha value is -2.62. The predicted octanol–water partition coefficient (Wildman–Crippen LogP) is 5.45. The van der Waals surface area contributed by atoms with E-state index in [0.29, 0.717) is 4.91 Å². The summed E-state index contributed by atoms with van der Waals surface area (Å²) in [6, 6.07) is 14.4. The van der Waals surface area contributed by atoms with Crippen molar-refractivity contribution in [3.8, 4) is 0 Å². The van der Waals surface area contributed by atoms with E-state index in [1.807, 2.05) is 25.3 Å². The molecule has 9 heteroatoms. The fourth-order valence-electron chi connectivity index (χ4n) is 4.10. The van der Waals surface area contributed by atoms with Gasteiger partial charge in [-0.3, -0.25) is 9.69 Å². The predicted molar refractivity (Wildman–Crippen MR) is 142 cm³/mol. The second-order valence-corrected chi connectivity index (χ2v) is 11.9. The first-order valence-electron chi connectivity index (χ1n) is 10.5. The van der Waals surface area contributed by atoms with Crippen LogP contribution in [0.5, 0.6) is 0 Å². The number of amides is 1. The van der Waals surface area contributed by atoms with E-state index in [-0.39, 0.29) is 27.9 Å². The third-order valence-electron chi connectivity index (χ3n) is 5.84. The average molecular weight is 559 g/mol. The fourth-order valence-corrected chi connectivity index (χ4v) is 6.49. The van der Waals surface area contributed by atoms with Gasteiger partial charge in [0.15, 0.2) is 5.17 Å². The van der Waals surface area contributed by atoms with Crippen LogP contribution >= 0.6 is 27.7 Å². The van der Waals surface area contributed by atoms with E-state index in [9.17, 15) is 13.2 Å². The van der Waals surface area contributed by atoms with Gasteiger partial charge in [0.25, 0.3) is 15.9 Å². The number of likely N-dealkylation sites (N-methyl/N-ethyl adjacent to an activating group) is 1. The van der Waals surface area contributed by atoms with Gasteiger partial charge in [-0.1, -0.05) is 54.1 Å². The smallest absolute Gasteiger partial charge is 0.284 e. The minimum atomic E-state index is -3.99. The molecule has 2 aliphatic heterocycles. The lowest BCUT2D eigenvalue weighted by atomic mass is 9.84. The van der Waals surface area contributed by atoms with Crippen LogP contribution in [-0.2, 0) is 20.2 Å². The summed E-state index contributed by atoms with van der Waals surface area (Å²) < 4.78 is 30.5. The standard InChI is InChI=1S/C25H24BrN3O3S2/c1-5-16-29-23(30)21(33-24(29)27-34(31,32)18-12-10-17(26)11-13-18)14-15-22-25(2,3)19-8-6-7-9-20(19)28(22)4/h5-15H,1,16H2,2-4H3. The Morgan fingerprint density at radius 1 is 1.12 bits per heavy atom. The highest BCUT2D eigenvalue weighted by molar-refractivity contribution is 9.10. The number of sulfonamides is 1. The Morgan fingerprint density at radius 2 is 1.79 bits per heavy atom. The number of carbonyl (C=O) groups excluding carboxylic acids is 1. The van der Waals surface area contributed by atoms with Crippen molar-refractivity contribution in [1.29, 1.82) is 0 Å². The van der Waals surface area contributed by atoms with Crippen molar-refractivity contribution in [2.24, 2.45) is 4.40 Å². The zero-order chi connectivity index (χ0) is 24.7. The van der Waals surface area contributed by atoms with E-state index in [1.54, 1.807) is 24.3 Å². The topological polar surface area (TPSA) is 70.1 Å². The van der Waals surface area contributed by atoms with Crippen molar-refractivity contribution in [2.45, 2.75) is 24.2 Å². The number of rotatable bonds is 5. The van der Waals surface area contributed by atoms with Gasteiger partial charge < -0.3 is 4.90 Å². The van der Waals surface area contributed by atoms with Gasteiger partial charge in [-0.25, -0.2) is 0 Å². The van der Waals surface area contributed by atoms with E-state index in [4.69, 9.17) is 0 Å². The number of thioether (sulfide) groups is 1. The SMILES string of the molecule is C=CCN1C(=O)C(=CC=C2N(C)c3ccccc3C2(C)C)SC1=NS(=O)(=O)c1ccc(Br)cc1. The molecule has 1 saturated heterocycles. The van der Waals surface area contributed by atoms with Crippen molar-refractivity contribution >= 4 is 54.5 Å². The van der Waals surface area contributed by atoms with Crippen LogP contribution in [0.1, 0.15) is 19.4 Å². The molecule has 0 atom stereocenters. The van der Waals surface area contributed by atoms with E-state index in [1.165, 1.54) is 22.6 Å². The Labute approximate surface area is 212 Å². The molecule has 0 saturated carbocycles. The van der Waals surface area contributed by atoms with Gasteiger partial charge in [0.2, 0.25) is 0 Å². The average Bonchev–Trinajstić information content (AvgIpc) is 3.18. The van der Waals surface area contributed by atoms with Gasteiger partial charge in [-0.15, -0.1) is 11.0 Å². The largest absolute Gasteiger partial charge is 0.347 e. The third-order valence-corrected chi connectivity index (χ3v) is 8.79. The molecule has 4 rings (SSSR count). The molecule has 0 unspecified atom stereocenters. The summed E-state index contributed by atoms with van der Waals surface area (Å²) >= 11 is 4.35. The maximum absolute atomic E-state index is 13.1. The second-order valence-electron chi connectivity index (χ2n) is 8.39. The highest BCUT2D eigenvalue weighted by atomic mass is 79.9. The van der Waals surface area contributed by atoms with Crippen LogP contribution in [0, 0.1) is 0 Å². The van der Waals surface area contributed by atoms with E-state index in [2.05, 4.69) is 57.8 Å². The first kappa shape index (κ1) is 24.5. The van der Waals surface area contributed by atoms with Crippen LogP contribution in [0.4, 0.5) is 5.69 Å². The molecule has 0 spiro atoms. The molecule has 0 N–H and O–H groups in total. The molecule has 34 heavy (non-hydrogen) atoms. The lowest BCUT2D eigenvalue weighted by Crippen LogP contribution is -2.29. The second kappa shape index (κ2) is 9.20. The van der Waals surface area contributed by atoms with Crippen LogP contribution < -0.4 is 4.90 Å². The molecule has 2 aromatic rings. The van der Waals surface area contributed by atoms with Gasteiger partial charge in [-0.2, -0.15) is 8.42 Å². The number of benzene rings is 2. The summed E-state index contributed by atoms with van der Waals surface area (Å²) in [6.45, 7) is 8.14. The molecule has 1 fully saturated rings. The van der Waals surface area contributed by atoms with Crippen LogP contribution in [0.15, 0.2) is 97.7 Å².